The lowest BCUT2D eigenvalue weighted by Crippen LogP contribution is -2.41. The maximum atomic E-state index is 12.0. The van der Waals surface area contributed by atoms with Gasteiger partial charge in [-0.25, -0.2) is 18.1 Å². The molecule has 0 radical (unpaired) electrons. The van der Waals surface area contributed by atoms with Crippen LogP contribution in [0.2, 0.25) is 0 Å². The lowest BCUT2D eigenvalue weighted by molar-refractivity contribution is -0.200. The quantitative estimate of drug-likeness (QED) is 0.672. The molecule has 0 aliphatic heterocycles. The number of aromatic nitrogens is 2. The summed E-state index contributed by atoms with van der Waals surface area (Å²) in [4.78, 5) is 3.50. The van der Waals surface area contributed by atoms with E-state index in [-0.39, 0.29) is 5.82 Å². The van der Waals surface area contributed by atoms with Crippen molar-refractivity contribution < 1.29 is 26.7 Å². The number of nitrogens with two attached hydrogens (primary N) is 1. The third-order valence-electron chi connectivity index (χ3n) is 2.01. The highest BCUT2D eigenvalue weighted by atomic mass is 32.2. The second-order valence-electron chi connectivity index (χ2n) is 3.46. The van der Waals surface area contributed by atoms with Crippen molar-refractivity contribution >= 4 is 15.8 Å². The van der Waals surface area contributed by atoms with Gasteiger partial charge in [-0.15, -0.1) is 0 Å². The van der Waals surface area contributed by atoms with Crippen molar-refractivity contribution in [3.63, 3.8) is 0 Å². The minimum absolute atomic E-state index is 0.341. The summed E-state index contributed by atoms with van der Waals surface area (Å²) in [5.41, 5.74) is 5.28. The molecule has 11 heteroatoms. The Morgan fingerprint density at radius 1 is 1.61 bits per heavy atom. The molecular weight excluding hydrogens is 277 g/mol. The molecule has 0 saturated carbocycles. The predicted molar refractivity (Wildman–Crippen MR) is 54.9 cm³/mol. The number of imidazole rings is 1. The predicted octanol–water partition coefficient (Wildman–Crippen LogP) is -0.796. The van der Waals surface area contributed by atoms with Gasteiger partial charge in [0.25, 0.3) is 10.0 Å². The van der Waals surface area contributed by atoms with Crippen LogP contribution in [0.3, 0.4) is 0 Å². The summed E-state index contributed by atoms with van der Waals surface area (Å²) in [5, 5.41) is 8.22. The summed E-state index contributed by atoms with van der Waals surface area (Å²) < 4.78 is 61.9. The van der Waals surface area contributed by atoms with E-state index in [4.69, 9.17) is 10.8 Å². The smallest absolute Gasteiger partial charge is 0.382 e. The van der Waals surface area contributed by atoms with Crippen molar-refractivity contribution in [3.05, 3.63) is 6.33 Å². The highest BCUT2D eigenvalue weighted by molar-refractivity contribution is 7.89. The van der Waals surface area contributed by atoms with E-state index < -0.39 is 33.9 Å². The fraction of sp³-hybridized carbons (Fsp3) is 0.571. The monoisotopic (exact) mass is 288 g/mol. The summed E-state index contributed by atoms with van der Waals surface area (Å²) in [6, 6.07) is 0. The molecule has 1 aromatic heterocycles. The van der Waals surface area contributed by atoms with Crippen molar-refractivity contribution in [1.29, 1.82) is 0 Å². The molecule has 1 atom stereocenters. The molecule has 104 valence electrons. The van der Waals surface area contributed by atoms with Crippen LogP contribution in [0.4, 0.5) is 19.0 Å². The van der Waals surface area contributed by atoms with Crippen LogP contribution in [0, 0.1) is 0 Å². The molecule has 0 aliphatic rings. The first-order valence-corrected chi connectivity index (χ1v) is 6.05. The highest BCUT2D eigenvalue weighted by Gasteiger charge is 2.39. The third-order valence-corrected chi connectivity index (χ3v) is 3.56. The zero-order valence-corrected chi connectivity index (χ0v) is 9.96. The van der Waals surface area contributed by atoms with E-state index in [1.54, 1.807) is 4.72 Å². The Kier molecular flexibility index (Phi) is 3.88. The fourth-order valence-corrected chi connectivity index (χ4v) is 2.41. The average molecular weight is 288 g/mol. The molecule has 1 heterocycles. The molecule has 0 fully saturated rings. The Balaban J connectivity index is 2.85. The average Bonchev–Trinajstić information content (AvgIpc) is 2.54. The Morgan fingerprint density at radius 3 is 2.56 bits per heavy atom. The number of alkyl halides is 3. The summed E-state index contributed by atoms with van der Waals surface area (Å²) in [5.74, 6) is -0.341. The Labute approximate surface area is 100 Å². The first-order valence-electron chi connectivity index (χ1n) is 4.57. The lowest BCUT2D eigenvalue weighted by Gasteiger charge is -2.15. The van der Waals surface area contributed by atoms with E-state index in [1.807, 2.05) is 0 Å². The molecule has 0 aliphatic carbocycles. The zero-order valence-electron chi connectivity index (χ0n) is 9.14. The van der Waals surface area contributed by atoms with E-state index in [0.29, 0.717) is 0 Å². The van der Waals surface area contributed by atoms with E-state index in [0.717, 1.165) is 10.9 Å². The molecule has 0 saturated heterocycles. The van der Waals surface area contributed by atoms with Gasteiger partial charge >= 0.3 is 6.18 Å². The Hall–Kier alpha value is -1.33. The van der Waals surface area contributed by atoms with Crippen LogP contribution in [-0.2, 0) is 17.1 Å². The number of hydrogen-bond donors (Lipinski definition) is 3. The number of hydrogen-bond acceptors (Lipinski definition) is 5. The maximum absolute atomic E-state index is 12.0. The highest BCUT2D eigenvalue weighted by Crippen LogP contribution is 2.20. The number of aliphatic hydroxyl groups excluding tert-OH is 1. The second-order valence-corrected chi connectivity index (χ2v) is 5.14. The van der Waals surface area contributed by atoms with Gasteiger partial charge in [0.15, 0.2) is 16.9 Å². The number of anilines is 1. The molecule has 0 aromatic carbocycles. The van der Waals surface area contributed by atoms with E-state index in [9.17, 15) is 21.6 Å². The fourth-order valence-electron chi connectivity index (χ4n) is 1.14. The number of rotatable bonds is 4. The third kappa shape index (κ3) is 3.11. The lowest BCUT2D eigenvalue weighted by atomic mass is 10.4. The summed E-state index contributed by atoms with van der Waals surface area (Å²) >= 11 is 0. The van der Waals surface area contributed by atoms with Crippen LogP contribution < -0.4 is 10.5 Å². The van der Waals surface area contributed by atoms with Gasteiger partial charge in [0.1, 0.15) is 0 Å². The SMILES string of the molecule is Cn1cnc(N)c1S(=O)(=O)NCC(O)C(F)(F)F. The van der Waals surface area contributed by atoms with Gasteiger partial charge in [0, 0.05) is 13.6 Å². The summed E-state index contributed by atoms with van der Waals surface area (Å²) in [6.07, 6.45) is -6.59. The molecular formula is C7H11F3N4O3S. The van der Waals surface area contributed by atoms with Crippen LogP contribution >= 0.6 is 0 Å². The van der Waals surface area contributed by atoms with Gasteiger partial charge in [-0.05, 0) is 0 Å². The summed E-state index contributed by atoms with van der Waals surface area (Å²) in [6.45, 7) is -1.20. The van der Waals surface area contributed by atoms with E-state index >= 15 is 0 Å². The maximum Gasteiger partial charge on any atom is 0.415 e. The molecule has 4 N–H and O–H groups in total. The minimum Gasteiger partial charge on any atom is -0.382 e. The largest absolute Gasteiger partial charge is 0.415 e. The van der Waals surface area contributed by atoms with Gasteiger partial charge in [-0.1, -0.05) is 0 Å². The van der Waals surface area contributed by atoms with Gasteiger partial charge < -0.3 is 15.4 Å². The van der Waals surface area contributed by atoms with Crippen molar-refractivity contribution in [1.82, 2.24) is 14.3 Å². The van der Waals surface area contributed by atoms with Crippen LogP contribution in [-0.4, -0.2) is 41.9 Å². The molecule has 7 nitrogen and oxygen atoms in total. The number of nitrogens with zero attached hydrogens (tertiary/aromatic N) is 2. The van der Waals surface area contributed by atoms with Crippen molar-refractivity contribution in [2.75, 3.05) is 12.3 Å². The van der Waals surface area contributed by atoms with Crippen molar-refractivity contribution in [2.45, 2.75) is 17.3 Å². The van der Waals surface area contributed by atoms with Crippen LogP contribution in [0.15, 0.2) is 11.4 Å². The molecule has 1 aromatic rings. The standard InChI is InChI=1S/C7H11F3N4O3S/c1-14-3-12-5(11)6(14)18(16,17)13-2-4(15)7(8,9)10/h3-4,13,15H,2,11H2,1H3. The van der Waals surface area contributed by atoms with E-state index in [1.165, 1.54) is 7.05 Å². The first kappa shape index (κ1) is 14.7. The number of nitrogens with one attached hydrogen (secondary N) is 1. The van der Waals surface area contributed by atoms with Crippen molar-refractivity contribution in [2.24, 2.45) is 7.05 Å². The molecule has 18 heavy (non-hydrogen) atoms. The van der Waals surface area contributed by atoms with Crippen LogP contribution in [0.1, 0.15) is 0 Å². The number of halogens is 3. The zero-order chi connectivity index (χ0) is 14.1. The van der Waals surface area contributed by atoms with Gasteiger partial charge in [0.2, 0.25) is 0 Å². The minimum atomic E-state index is -4.90. The van der Waals surface area contributed by atoms with Crippen LogP contribution in [0.5, 0.6) is 0 Å². The Morgan fingerprint density at radius 2 is 2.17 bits per heavy atom. The van der Waals surface area contributed by atoms with Crippen molar-refractivity contribution in [3.8, 4) is 0 Å². The Bertz CT molecular complexity index is 505. The topological polar surface area (TPSA) is 110 Å². The van der Waals surface area contributed by atoms with Gasteiger partial charge in [-0.3, -0.25) is 0 Å². The molecule has 1 rings (SSSR count). The number of aliphatic hydroxyl groups is 1. The molecule has 0 spiro atoms. The number of sulfonamides is 1. The van der Waals surface area contributed by atoms with E-state index in [2.05, 4.69) is 4.98 Å². The number of nitrogen functional groups attached to an aromatic ring is 1. The summed E-state index contributed by atoms with van der Waals surface area (Å²) in [7, 11) is -2.95. The second kappa shape index (κ2) is 4.74. The molecule has 0 bridgehead atoms. The normalized spacial score (nSPS) is 14.7. The van der Waals surface area contributed by atoms with Gasteiger partial charge in [-0.2, -0.15) is 13.2 Å². The molecule has 1 unspecified atom stereocenters. The first-order chi connectivity index (χ1) is 8.05. The van der Waals surface area contributed by atoms with Crippen LogP contribution in [0.25, 0.3) is 0 Å². The van der Waals surface area contributed by atoms with Gasteiger partial charge in [0.05, 0.1) is 6.33 Å². The molecule has 0 amide bonds. The number of aryl methyl sites for hydroxylation is 1.